The number of nitrogens with two attached hydrogens (primary N) is 2. The van der Waals surface area contributed by atoms with Crippen LogP contribution in [-0.4, -0.2) is 11.7 Å². The molecule has 0 heterocycles. The SMILES string of the molecule is Cl.NCC[C@H](N)c1ccc(Br)c(F)c1O. The predicted octanol–water partition coefficient (Wildman–Crippen LogP) is 2.06. The molecule has 6 heteroatoms. The van der Waals surface area contributed by atoms with Gasteiger partial charge in [0, 0.05) is 11.6 Å². The van der Waals surface area contributed by atoms with Crippen LogP contribution in [0.3, 0.4) is 0 Å². The second-order valence-corrected chi connectivity index (χ2v) is 3.84. The summed E-state index contributed by atoms with van der Waals surface area (Å²) in [6.07, 6.45) is 0.509. The van der Waals surface area contributed by atoms with Crippen LogP contribution >= 0.6 is 28.3 Å². The third kappa shape index (κ3) is 3.31. The first-order valence-electron chi connectivity index (χ1n) is 4.20. The van der Waals surface area contributed by atoms with Crippen LogP contribution in [-0.2, 0) is 0 Å². The summed E-state index contributed by atoms with van der Waals surface area (Å²) < 4.78 is 13.4. The third-order valence-corrected chi connectivity index (χ3v) is 2.59. The fourth-order valence-electron chi connectivity index (χ4n) is 1.19. The van der Waals surface area contributed by atoms with Gasteiger partial charge in [0.2, 0.25) is 0 Å². The van der Waals surface area contributed by atoms with Crippen molar-refractivity contribution >= 4 is 28.3 Å². The highest BCUT2D eigenvalue weighted by Gasteiger charge is 2.15. The minimum Gasteiger partial charge on any atom is -0.505 e. The van der Waals surface area contributed by atoms with E-state index in [4.69, 9.17) is 11.5 Å². The highest BCUT2D eigenvalue weighted by molar-refractivity contribution is 9.10. The fourth-order valence-corrected chi connectivity index (χ4v) is 1.51. The minimum atomic E-state index is -0.685. The molecule has 5 N–H and O–H groups in total. The maximum atomic E-state index is 13.2. The lowest BCUT2D eigenvalue weighted by Gasteiger charge is -2.13. The Hall–Kier alpha value is -0.360. The van der Waals surface area contributed by atoms with E-state index >= 15 is 0 Å². The fraction of sp³-hybridized carbons (Fsp3) is 0.333. The Balaban J connectivity index is 0.00000196. The standard InChI is InChI=1S/C9H12BrFN2O.ClH/c10-6-2-1-5(7(13)3-4-12)9(14)8(6)11;/h1-2,7,14H,3-4,12-13H2;1H/t7-;/m0./s1. The van der Waals surface area contributed by atoms with Crippen LogP contribution in [0.2, 0.25) is 0 Å². The normalized spacial score (nSPS) is 12.0. The zero-order valence-corrected chi connectivity index (χ0v) is 10.3. The summed E-state index contributed by atoms with van der Waals surface area (Å²) in [5, 5.41) is 9.45. The molecule has 0 aliphatic rings. The molecule has 86 valence electrons. The van der Waals surface area contributed by atoms with E-state index in [1.165, 1.54) is 6.07 Å². The number of hydrogen-bond donors (Lipinski definition) is 3. The van der Waals surface area contributed by atoms with Gasteiger partial charge in [0.25, 0.3) is 0 Å². The van der Waals surface area contributed by atoms with Crippen molar-refractivity contribution in [1.29, 1.82) is 0 Å². The molecule has 0 amide bonds. The largest absolute Gasteiger partial charge is 0.505 e. The van der Waals surface area contributed by atoms with E-state index in [-0.39, 0.29) is 16.9 Å². The molecule has 0 fully saturated rings. The van der Waals surface area contributed by atoms with Crippen LogP contribution in [0.5, 0.6) is 5.75 Å². The molecule has 0 aliphatic heterocycles. The van der Waals surface area contributed by atoms with E-state index < -0.39 is 17.6 Å². The van der Waals surface area contributed by atoms with Crippen LogP contribution in [0.25, 0.3) is 0 Å². The van der Waals surface area contributed by atoms with Crippen LogP contribution in [0.15, 0.2) is 16.6 Å². The van der Waals surface area contributed by atoms with Gasteiger partial charge in [-0.05, 0) is 35.0 Å². The Labute approximate surface area is 102 Å². The van der Waals surface area contributed by atoms with Gasteiger partial charge in [-0.25, -0.2) is 4.39 Å². The molecule has 0 aliphatic carbocycles. The summed E-state index contributed by atoms with van der Waals surface area (Å²) in [5.74, 6) is -1.09. The molecule has 1 atom stereocenters. The highest BCUT2D eigenvalue weighted by Crippen LogP contribution is 2.31. The molecule has 1 aromatic rings. The zero-order chi connectivity index (χ0) is 10.7. The topological polar surface area (TPSA) is 72.3 Å². The number of aromatic hydroxyl groups is 1. The van der Waals surface area contributed by atoms with E-state index in [0.29, 0.717) is 18.5 Å². The Kier molecular flexibility index (Phi) is 6.12. The Morgan fingerprint density at radius 1 is 1.47 bits per heavy atom. The molecule has 1 aromatic carbocycles. The van der Waals surface area contributed by atoms with Crippen LogP contribution < -0.4 is 11.5 Å². The lowest BCUT2D eigenvalue weighted by Crippen LogP contribution is -2.15. The van der Waals surface area contributed by atoms with E-state index in [9.17, 15) is 9.50 Å². The van der Waals surface area contributed by atoms with Gasteiger partial charge in [0.15, 0.2) is 11.6 Å². The summed E-state index contributed by atoms with van der Waals surface area (Å²) in [6, 6.07) is 2.67. The maximum absolute atomic E-state index is 13.2. The van der Waals surface area contributed by atoms with Crippen molar-refractivity contribution in [2.45, 2.75) is 12.5 Å². The van der Waals surface area contributed by atoms with Crippen LogP contribution in [0.4, 0.5) is 4.39 Å². The van der Waals surface area contributed by atoms with Crippen molar-refractivity contribution in [2.75, 3.05) is 6.54 Å². The van der Waals surface area contributed by atoms with Gasteiger partial charge < -0.3 is 16.6 Å². The van der Waals surface area contributed by atoms with Crippen molar-refractivity contribution < 1.29 is 9.50 Å². The van der Waals surface area contributed by atoms with Crippen molar-refractivity contribution in [3.05, 3.63) is 28.0 Å². The number of hydrogen-bond acceptors (Lipinski definition) is 3. The number of phenols is 1. The van der Waals surface area contributed by atoms with Gasteiger partial charge >= 0.3 is 0 Å². The number of rotatable bonds is 3. The van der Waals surface area contributed by atoms with E-state index in [2.05, 4.69) is 15.9 Å². The lowest BCUT2D eigenvalue weighted by molar-refractivity contribution is 0.417. The minimum absolute atomic E-state index is 0. The zero-order valence-electron chi connectivity index (χ0n) is 7.91. The monoisotopic (exact) mass is 298 g/mol. The van der Waals surface area contributed by atoms with Crippen molar-refractivity contribution in [3.8, 4) is 5.75 Å². The first-order chi connectivity index (χ1) is 6.57. The first kappa shape index (κ1) is 14.6. The van der Waals surface area contributed by atoms with Gasteiger partial charge in [-0.15, -0.1) is 12.4 Å². The molecule has 0 saturated heterocycles. The second-order valence-electron chi connectivity index (χ2n) is 2.98. The van der Waals surface area contributed by atoms with Crippen molar-refractivity contribution in [2.24, 2.45) is 11.5 Å². The quantitative estimate of drug-likeness (QED) is 0.800. The average molecular weight is 300 g/mol. The van der Waals surface area contributed by atoms with Crippen LogP contribution in [0.1, 0.15) is 18.0 Å². The molecule has 0 spiro atoms. The smallest absolute Gasteiger partial charge is 0.179 e. The van der Waals surface area contributed by atoms with Gasteiger partial charge in [-0.3, -0.25) is 0 Å². The molecule has 0 saturated carbocycles. The van der Waals surface area contributed by atoms with Gasteiger partial charge in [-0.2, -0.15) is 0 Å². The maximum Gasteiger partial charge on any atom is 0.179 e. The van der Waals surface area contributed by atoms with Gasteiger partial charge in [-0.1, -0.05) is 6.07 Å². The molecular formula is C9H13BrClFN2O. The summed E-state index contributed by atoms with van der Waals surface area (Å²) >= 11 is 2.97. The summed E-state index contributed by atoms with van der Waals surface area (Å²) in [6.45, 7) is 0.401. The second kappa shape index (κ2) is 6.27. The van der Waals surface area contributed by atoms with E-state index in [0.717, 1.165) is 0 Å². The molecule has 15 heavy (non-hydrogen) atoms. The molecular weight excluding hydrogens is 286 g/mol. The average Bonchev–Trinajstić information content (AvgIpc) is 2.15. The molecule has 1 rings (SSSR count). The number of benzene rings is 1. The van der Waals surface area contributed by atoms with Crippen molar-refractivity contribution in [1.82, 2.24) is 0 Å². The molecule has 0 bridgehead atoms. The Morgan fingerprint density at radius 3 is 2.60 bits per heavy atom. The Morgan fingerprint density at radius 2 is 2.07 bits per heavy atom. The van der Waals surface area contributed by atoms with Crippen molar-refractivity contribution in [3.63, 3.8) is 0 Å². The molecule has 3 nitrogen and oxygen atoms in total. The Bertz CT molecular complexity index is 338. The lowest BCUT2D eigenvalue weighted by atomic mass is 10.0. The molecule has 0 radical (unpaired) electrons. The number of phenolic OH excluding ortho intramolecular Hbond substituents is 1. The van der Waals surface area contributed by atoms with Gasteiger partial charge in [0.05, 0.1) is 4.47 Å². The molecule has 0 unspecified atom stereocenters. The first-order valence-corrected chi connectivity index (χ1v) is 4.99. The highest BCUT2D eigenvalue weighted by atomic mass is 79.9. The summed E-state index contributed by atoms with van der Waals surface area (Å²) in [4.78, 5) is 0. The van der Waals surface area contributed by atoms with Gasteiger partial charge in [0.1, 0.15) is 0 Å². The third-order valence-electron chi connectivity index (χ3n) is 1.98. The van der Waals surface area contributed by atoms with Crippen LogP contribution in [0, 0.1) is 5.82 Å². The van der Waals surface area contributed by atoms with E-state index in [1.54, 1.807) is 6.07 Å². The molecule has 0 aromatic heterocycles. The summed E-state index contributed by atoms with van der Waals surface area (Å²) in [7, 11) is 0. The number of halogens is 3. The predicted molar refractivity (Wildman–Crippen MR) is 63.6 cm³/mol. The van der Waals surface area contributed by atoms with E-state index in [1.807, 2.05) is 0 Å². The summed E-state index contributed by atoms with van der Waals surface area (Å²) in [5.41, 5.74) is 11.4.